The van der Waals surface area contributed by atoms with Crippen molar-refractivity contribution in [2.24, 2.45) is 0 Å². The lowest BCUT2D eigenvalue weighted by Gasteiger charge is -2.16. The lowest BCUT2D eigenvalue weighted by Crippen LogP contribution is -2.03. The summed E-state index contributed by atoms with van der Waals surface area (Å²) >= 11 is 0. The predicted octanol–water partition coefficient (Wildman–Crippen LogP) is 5.74. The van der Waals surface area contributed by atoms with E-state index in [4.69, 9.17) is 18.3 Å². The second-order valence-electron chi connectivity index (χ2n) is 9.42. The molecule has 210 valence electrons. The van der Waals surface area contributed by atoms with Crippen LogP contribution in [0.1, 0.15) is 0 Å². The van der Waals surface area contributed by atoms with Gasteiger partial charge in [-0.2, -0.15) is 0 Å². The molecule has 0 spiro atoms. The molecule has 10 nitrogen and oxygen atoms in total. The van der Waals surface area contributed by atoms with Crippen LogP contribution in [0.15, 0.2) is 91.2 Å². The van der Waals surface area contributed by atoms with Crippen LogP contribution in [0.5, 0.6) is 34.5 Å². The molecule has 0 radical (unpaired) electrons. The molecule has 10 heteroatoms. The van der Waals surface area contributed by atoms with Crippen LogP contribution in [0.3, 0.4) is 0 Å². The molecule has 0 aliphatic carbocycles. The number of phenolic OH excluding ortho intramolecular Hbond substituents is 4. The highest BCUT2D eigenvalue weighted by atomic mass is 16.5. The summed E-state index contributed by atoms with van der Waals surface area (Å²) in [5.74, 6) is -0.412. The molecule has 0 bridgehead atoms. The van der Waals surface area contributed by atoms with Crippen LogP contribution in [0.2, 0.25) is 0 Å². The Hall–Kier alpha value is -5.90. The molecule has 4 aromatic carbocycles. The third kappa shape index (κ3) is 4.31. The Morgan fingerprint density at radius 1 is 0.595 bits per heavy atom. The molecule has 0 aliphatic heterocycles. The number of hydrogen-bond acceptors (Lipinski definition) is 10. The van der Waals surface area contributed by atoms with Crippen LogP contribution < -0.4 is 20.3 Å². The quantitative estimate of drug-likeness (QED) is 0.203. The first kappa shape index (κ1) is 26.3. The van der Waals surface area contributed by atoms with Gasteiger partial charge in [-0.3, -0.25) is 9.59 Å². The summed E-state index contributed by atoms with van der Waals surface area (Å²) in [5, 5.41) is 41.7. The molecule has 6 aromatic rings. The summed E-state index contributed by atoms with van der Waals surface area (Å²) in [6.07, 6.45) is 0. The third-order valence-electron chi connectivity index (χ3n) is 6.89. The van der Waals surface area contributed by atoms with E-state index in [0.29, 0.717) is 16.9 Å². The number of methoxy groups -OCH3 is 2. The zero-order chi connectivity index (χ0) is 29.7. The Bertz CT molecular complexity index is 2140. The minimum Gasteiger partial charge on any atom is -0.508 e. The molecule has 0 amide bonds. The minimum atomic E-state index is -0.581. The predicted molar refractivity (Wildman–Crippen MR) is 155 cm³/mol. The fraction of sp³-hybridized carbons (Fsp3) is 0.0625. The highest BCUT2D eigenvalue weighted by Crippen LogP contribution is 2.46. The largest absolute Gasteiger partial charge is 0.508 e. The third-order valence-corrected chi connectivity index (χ3v) is 6.89. The van der Waals surface area contributed by atoms with Crippen LogP contribution in [0.4, 0.5) is 0 Å². The Kier molecular flexibility index (Phi) is 6.23. The summed E-state index contributed by atoms with van der Waals surface area (Å²) in [5.41, 5.74) is -0.172. The van der Waals surface area contributed by atoms with E-state index in [-0.39, 0.29) is 61.8 Å². The number of fused-ring (bicyclic) bond motifs is 2. The number of rotatable bonds is 5. The zero-order valence-electron chi connectivity index (χ0n) is 22.2. The maximum absolute atomic E-state index is 13.2. The van der Waals surface area contributed by atoms with Gasteiger partial charge in [0.15, 0.2) is 16.4 Å². The van der Waals surface area contributed by atoms with Crippen LogP contribution in [0, 0.1) is 0 Å². The van der Waals surface area contributed by atoms with Crippen molar-refractivity contribution < 1.29 is 38.7 Å². The lowest BCUT2D eigenvalue weighted by molar-refractivity contribution is 0.408. The van der Waals surface area contributed by atoms with E-state index in [0.717, 1.165) is 6.07 Å². The maximum Gasteiger partial charge on any atom is 0.197 e. The van der Waals surface area contributed by atoms with Crippen LogP contribution in [-0.4, -0.2) is 34.6 Å². The van der Waals surface area contributed by atoms with E-state index >= 15 is 0 Å². The SMILES string of the molecule is COc1ccc(-c2cc(=O)c3c(O)cc(OC)cc3o2)c(-c2c(O)cc(O)c3c(=O)cc(-c4ccc(O)cc4)oc23)c1. The highest BCUT2D eigenvalue weighted by molar-refractivity contribution is 6.03. The normalized spacial score (nSPS) is 11.2. The van der Waals surface area contributed by atoms with Gasteiger partial charge in [0.25, 0.3) is 0 Å². The van der Waals surface area contributed by atoms with E-state index in [9.17, 15) is 30.0 Å². The van der Waals surface area contributed by atoms with Crippen molar-refractivity contribution in [3.05, 3.63) is 93.2 Å². The number of ether oxygens (including phenoxy) is 2. The number of benzene rings is 4. The second kappa shape index (κ2) is 9.93. The number of hydrogen-bond donors (Lipinski definition) is 4. The van der Waals surface area contributed by atoms with Crippen molar-refractivity contribution in [2.75, 3.05) is 14.2 Å². The summed E-state index contributed by atoms with van der Waals surface area (Å²) in [6.45, 7) is 0. The Labute approximate surface area is 236 Å². The molecule has 0 atom stereocenters. The molecule has 0 fully saturated rings. The highest BCUT2D eigenvalue weighted by Gasteiger charge is 2.24. The van der Waals surface area contributed by atoms with Crippen LogP contribution in [0.25, 0.3) is 55.7 Å². The first-order chi connectivity index (χ1) is 20.2. The maximum atomic E-state index is 13.2. The Balaban J connectivity index is 1.69. The summed E-state index contributed by atoms with van der Waals surface area (Å²) in [6, 6.07) is 16.9. The van der Waals surface area contributed by atoms with Gasteiger partial charge >= 0.3 is 0 Å². The monoisotopic (exact) mass is 566 g/mol. The number of phenols is 4. The zero-order valence-corrected chi connectivity index (χ0v) is 22.2. The molecule has 4 N–H and O–H groups in total. The molecule has 2 heterocycles. The smallest absolute Gasteiger partial charge is 0.197 e. The van der Waals surface area contributed by atoms with E-state index in [1.807, 2.05) is 0 Å². The summed E-state index contributed by atoms with van der Waals surface area (Å²) in [7, 11) is 2.85. The van der Waals surface area contributed by atoms with Gasteiger partial charge in [0.1, 0.15) is 62.4 Å². The van der Waals surface area contributed by atoms with Gasteiger partial charge in [-0.1, -0.05) is 0 Å². The van der Waals surface area contributed by atoms with Gasteiger partial charge in [0.05, 0.1) is 19.8 Å². The van der Waals surface area contributed by atoms with Gasteiger partial charge in [0.2, 0.25) is 0 Å². The molecular weight excluding hydrogens is 544 g/mol. The summed E-state index contributed by atoms with van der Waals surface area (Å²) < 4.78 is 22.8. The average molecular weight is 567 g/mol. The van der Waals surface area contributed by atoms with Crippen molar-refractivity contribution in [1.29, 1.82) is 0 Å². The molecule has 2 aromatic heterocycles. The fourth-order valence-electron chi connectivity index (χ4n) is 4.90. The first-order valence-corrected chi connectivity index (χ1v) is 12.5. The second-order valence-corrected chi connectivity index (χ2v) is 9.42. The first-order valence-electron chi connectivity index (χ1n) is 12.5. The molecular formula is C32H22O10. The van der Waals surface area contributed by atoms with Gasteiger partial charge in [-0.05, 0) is 42.5 Å². The standard InChI is InChI=1S/C32H22O10/c1-39-17-7-8-19(27-14-24(37)30-21(34)10-18(40-2)11-28(30)41-27)20(9-17)29-22(35)12-23(36)31-25(38)13-26(42-32(29)31)15-3-5-16(33)6-4-15/h3-14,33-36H,1-2H3. The fourth-order valence-corrected chi connectivity index (χ4v) is 4.90. The van der Waals surface area contributed by atoms with Crippen molar-refractivity contribution in [3.63, 3.8) is 0 Å². The van der Waals surface area contributed by atoms with Crippen molar-refractivity contribution in [1.82, 2.24) is 0 Å². The topological polar surface area (TPSA) is 160 Å². The Morgan fingerprint density at radius 2 is 1.26 bits per heavy atom. The van der Waals surface area contributed by atoms with Crippen LogP contribution in [-0.2, 0) is 0 Å². The average Bonchev–Trinajstić information content (AvgIpc) is 2.96. The lowest BCUT2D eigenvalue weighted by atomic mass is 9.94. The Morgan fingerprint density at radius 3 is 1.98 bits per heavy atom. The van der Waals surface area contributed by atoms with Crippen molar-refractivity contribution >= 4 is 21.9 Å². The van der Waals surface area contributed by atoms with E-state index in [1.54, 1.807) is 30.3 Å². The summed E-state index contributed by atoms with van der Waals surface area (Å²) in [4.78, 5) is 26.4. The van der Waals surface area contributed by atoms with Gasteiger partial charge in [-0.25, -0.2) is 0 Å². The van der Waals surface area contributed by atoms with E-state index in [2.05, 4.69) is 0 Å². The van der Waals surface area contributed by atoms with E-state index < -0.39 is 22.4 Å². The van der Waals surface area contributed by atoms with Crippen molar-refractivity contribution in [2.45, 2.75) is 0 Å². The number of aromatic hydroxyl groups is 4. The van der Waals surface area contributed by atoms with E-state index in [1.165, 1.54) is 50.6 Å². The van der Waals surface area contributed by atoms with Gasteiger partial charge in [-0.15, -0.1) is 0 Å². The molecule has 0 aliphatic rings. The molecule has 0 unspecified atom stereocenters. The van der Waals surface area contributed by atoms with Gasteiger partial charge < -0.3 is 38.7 Å². The molecule has 6 rings (SSSR count). The van der Waals surface area contributed by atoms with Crippen LogP contribution >= 0.6 is 0 Å². The minimum absolute atomic E-state index is 0.0155. The van der Waals surface area contributed by atoms with Gasteiger partial charge in [0, 0.05) is 47.0 Å². The van der Waals surface area contributed by atoms with Crippen molar-refractivity contribution in [3.8, 4) is 68.3 Å². The molecule has 42 heavy (non-hydrogen) atoms. The molecule has 0 saturated heterocycles. The molecule has 0 saturated carbocycles.